The van der Waals surface area contributed by atoms with Crippen molar-refractivity contribution >= 4 is 0 Å². The van der Waals surface area contributed by atoms with Crippen molar-refractivity contribution in [2.45, 2.75) is 44.4 Å². The number of hydrogen-bond acceptors (Lipinski definition) is 1. The van der Waals surface area contributed by atoms with Gasteiger partial charge in [-0.3, -0.25) is 0 Å². The Hall–Kier alpha value is -1.62. The number of hydrogen-bond donors (Lipinski definition) is 0. The van der Waals surface area contributed by atoms with Gasteiger partial charge < -0.3 is 0 Å². The fourth-order valence-electron chi connectivity index (χ4n) is 3.01. The van der Waals surface area contributed by atoms with Gasteiger partial charge in [0.25, 0.3) is 0 Å². The highest BCUT2D eigenvalue weighted by Crippen LogP contribution is 2.37. The van der Waals surface area contributed by atoms with E-state index in [0.29, 0.717) is 12.2 Å². The number of rotatable bonds is 4. The zero-order valence-electron chi connectivity index (χ0n) is 11.2. The maximum Gasteiger partial charge on any atom is 0.0991 e. The van der Waals surface area contributed by atoms with E-state index in [1.54, 1.807) is 6.08 Å². The molecule has 1 aliphatic rings. The van der Waals surface area contributed by atoms with Crippen LogP contribution < -0.4 is 0 Å². The Morgan fingerprint density at radius 2 is 1.84 bits per heavy atom. The Labute approximate surface area is 114 Å². The summed E-state index contributed by atoms with van der Waals surface area (Å²) in [7, 11) is 0. The standard InChI is InChI=1S/C17H20FN/c18-12-2-1-3-14-4-8-16(9-5-14)17-10-6-15(13-19)7-11-17/h2,6-7,10-12,14,16H,1,3-5,8-9H2/t14-,16-. The average molecular weight is 257 g/mol. The molecule has 1 aromatic carbocycles. The first-order valence-electron chi connectivity index (χ1n) is 7.08. The summed E-state index contributed by atoms with van der Waals surface area (Å²) in [6, 6.07) is 10.2. The SMILES string of the molecule is N#Cc1ccc([C@H]2CC[C@H](CCC=CF)CC2)cc1. The first-order valence-corrected chi connectivity index (χ1v) is 7.08. The van der Waals surface area contributed by atoms with Crippen LogP contribution in [0.5, 0.6) is 0 Å². The van der Waals surface area contributed by atoms with Gasteiger partial charge in [0.1, 0.15) is 0 Å². The Kier molecular flexibility index (Phi) is 5.15. The van der Waals surface area contributed by atoms with E-state index >= 15 is 0 Å². The summed E-state index contributed by atoms with van der Waals surface area (Å²) in [6.07, 6.45) is 9.17. The normalized spacial score (nSPS) is 23.4. The molecule has 0 aliphatic heterocycles. The molecule has 0 bridgehead atoms. The lowest BCUT2D eigenvalue weighted by Crippen LogP contribution is -2.13. The zero-order chi connectivity index (χ0) is 13.5. The molecule has 0 N–H and O–H groups in total. The number of nitriles is 1. The van der Waals surface area contributed by atoms with Crippen LogP contribution in [-0.4, -0.2) is 0 Å². The highest BCUT2D eigenvalue weighted by Gasteiger charge is 2.21. The third-order valence-corrected chi connectivity index (χ3v) is 4.19. The predicted octanol–water partition coefficient (Wildman–Crippen LogP) is 5.10. The van der Waals surface area contributed by atoms with Crippen molar-refractivity contribution in [2.24, 2.45) is 5.92 Å². The lowest BCUT2D eigenvalue weighted by atomic mass is 9.77. The van der Waals surface area contributed by atoms with Crippen molar-refractivity contribution in [3.05, 3.63) is 47.8 Å². The molecule has 2 heteroatoms. The summed E-state index contributed by atoms with van der Waals surface area (Å²) in [5.74, 6) is 1.39. The number of halogens is 1. The van der Waals surface area contributed by atoms with E-state index in [1.807, 2.05) is 12.1 Å². The molecule has 0 radical (unpaired) electrons. The molecule has 0 atom stereocenters. The molecule has 0 aromatic heterocycles. The largest absolute Gasteiger partial charge is 0.216 e. The first kappa shape index (κ1) is 13.8. The summed E-state index contributed by atoms with van der Waals surface area (Å²) < 4.78 is 11.9. The topological polar surface area (TPSA) is 23.8 Å². The minimum atomic E-state index is 0.640. The minimum Gasteiger partial charge on any atom is -0.216 e. The summed E-state index contributed by atoms with van der Waals surface area (Å²) in [5, 5.41) is 8.79. The van der Waals surface area contributed by atoms with E-state index in [9.17, 15) is 4.39 Å². The molecule has 0 unspecified atom stereocenters. The van der Waals surface area contributed by atoms with E-state index in [-0.39, 0.29) is 0 Å². The van der Waals surface area contributed by atoms with E-state index in [0.717, 1.165) is 24.3 Å². The lowest BCUT2D eigenvalue weighted by Gasteiger charge is -2.28. The summed E-state index contributed by atoms with van der Waals surface area (Å²) in [5.41, 5.74) is 2.09. The molecular formula is C17H20FN. The molecule has 1 saturated carbocycles. The van der Waals surface area contributed by atoms with E-state index < -0.39 is 0 Å². The van der Waals surface area contributed by atoms with E-state index in [2.05, 4.69) is 18.2 Å². The van der Waals surface area contributed by atoms with Gasteiger partial charge in [0.05, 0.1) is 18.0 Å². The van der Waals surface area contributed by atoms with Crippen LogP contribution in [0.3, 0.4) is 0 Å². The highest BCUT2D eigenvalue weighted by molar-refractivity contribution is 5.33. The Balaban J connectivity index is 1.83. The van der Waals surface area contributed by atoms with Crippen LogP contribution in [0.4, 0.5) is 4.39 Å². The second kappa shape index (κ2) is 7.09. The summed E-state index contributed by atoms with van der Waals surface area (Å²) >= 11 is 0. The number of nitrogens with zero attached hydrogens (tertiary/aromatic N) is 1. The maximum atomic E-state index is 11.9. The van der Waals surface area contributed by atoms with E-state index in [1.165, 1.54) is 31.2 Å². The smallest absolute Gasteiger partial charge is 0.0991 e. The molecule has 1 aliphatic carbocycles. The number of benzene rings is 1. The van der Waals surface area contributed by atoms with Crippen molar-refractivity contribution in [3.63, 3.8) is 0 Å². The van der Waals surface area contributed by atoms with Gasteiger partial charge in [0, 0.05) is 0 Å². The van der Waals surface area contributed by atoms with Gasteiger partial charge in [0.15, 0.2) is 0 Å². The monoisotopic (exact) mass is 257 g/mol. The molecule has 1 nitrogen and oxygen atoms in total. The van der Waals surface area contributed by atoms with Crippen molar-refractivity contribution in [2.75, 3.05) is 0 Å². The molecule has 1 aromatic rings. The van der Waals surface area contributed by atoms with Gasteiger partial charge in [-0.15, -0.1) is 0 Å². The second-order valence-corrected chi connectivity index (χ2v) is 5.39. The van der Waals surface area contributed by atoms with Gasteiger partial charge in [-0.1, -0.05) is 18.2 Å². The van der Waals surface area contributed by atoms with Gasteiger partial charge in [0.2, 0.25) is 0 Å². The van der Waals surface area contributed by atoms with Crippen LogP contribution in [0.1, 0.15) is 55.6 Å². The Bertz CT molecular complexity index is 447. The second-order valence-electron chi connectivity index (χ2n) is 5.39. The van der Waals surface area contributed by atoms with Gasteiger partial charge in [-0.2, -0.15) is 5.26 Å². The first-order chi connectivity index (χ1) is 9.33. The Morgan fingerprint density at radius 1 is 1.16 bits per heavy atom. The molecule has 19 heavy (non-hydrogen) atoms. The van der Waals surface area contributed by atoms with Crippen LogP contribution in [0.2, 0.25) is 0 Å². The third kappa shape index (κ3) is 3.92. The van der Waals surface area contributed by atoms with Crippen molar-refractivity contribution in [1.29, 1.82) is 5.26 Å². The quantitative estimate of drug-likeness (QED) is 0.736. The van der Waals surface area contributed by atoms with Gasteiger partial charge in [-0.25, -0.2) is 4.39 Å². The summed E-state index contributed by atoms with van der Waals surface area (Å²) in [4.78, 5) is 0. The van der Waals surface area contributed by atoms with Crippen molar-refractivity contribution in [3.8, 4) is 6.07 Å². The molecule has 0 spiro atoms. The summed E-state index contributed by atoms with van der Waals surface area (Å²) in [6.45, 7) is 0. The van der Waals surface area contributed by atoms with Crippen molar-refractivity contribution in [1.82, 2.24) is 0 Å². The van der Waals surface area contributed by atoms with Crippen LogP contribution in [0, 0.1) is 17.2 Å². The lowest BCUT2D eigenvalue weighted by molar-refractivity contribution is 0.311. The molecule has 0 heterocycles. The van der Waals surface area contributed by atoms with Crippen LogP contribution >= 0.6 is 0 Å². The van der Waals surface area contributed by atoms with Crippen LogP contribution in [-0.2, 0) is 0 Å². The molecule has 2 rings (SSSR count). The molecule has 0 amide bonds. The van der Waals surface area contributed by atoms with Gasteiger partial charge in [-0.05, 0) is 68.1 Å². The third-order valence-electron chi connectivity index (χ3n) is 4.19. The predicted molar refractivity (Wildman–Crippen MR) is 75.3 cm³/mol. The van der Waals surface area contributed by atoms with Crippen LogP contribution in [0.25, 0.3) is 0 Å². The maximum absolute atomic E-state index is 11.9. The molecule has 0 saturated heterocycles. The average Bonchev–Trinajstić information content (AvgIpc) is 2.48. The fourth-order valence-corrected chi connectivity index (χ4v) is 3.01. The molecular weight excluding hydrogens is 237 g/mol. The highest BCUT2D eigenvalue weighted by atomic mass is 19.1. The fraction of sp³-hybridized carbons (Fsp3) is 0.471. The zero-order valence-corrected chi connectivity index (χ0v) is 11.2. The van der Waals surface area contributed by atoms with Crippen molar-refractivity contribution < 1.29 is 4.39 Å². The molecule has 1 fully saturated rings. The van der Waals surface area contributed by atoms with Gasteiger partial charge >= 0.3 is 0 Å². The molecule has 100 valence electrons. The Morgan fingerprint density at radius 3 is 2.42 bits per heavy atom. The minimum absolute atomic E-state index is 0.640. The number of allylic oxidation sites excluding steroid dienone is 1. The van der Waals surface area contributed by atoms with Crippen LogP contribution in [0.15, 0.2) is 36.7 Å². The van der Waals surface area contributed by atoms with E-state index in [4.69, 9.17) is 5.26 Å².